The minimum absolute atomic E-state index is 0.176. The van der Waals surface area contributed by atoms with Crippen molar-refractivity contribution in [1.82, 2.24) is 10.3 Å². The quantitative estimate of drug-likeness (QED) is 0.764. The number of hydrogen-bond donors (Lipinski definition) is 2. The molecule has 0 amide bonds. The Kier molecular flexibility index (Phi) is 2.92. The maximum atomic E-state index is 9.90. The molecule has 1 aliphatic rings. The van der Waals surface area contributed by atoms with Gasteiger partial charge in [0.2, 0.25) is 0 Å². The molecule has 4 rings (SSSR count). The van der Waals surface area contributed by atoms with Crippen LogP contribution in [-0.2, 0) is 0 Å². The predicted molar refractivity (Wildman–Crippen MR) is 83.0 cm³/mol. The van der Waals surface area contributed by atoms with E-state index in [2.05, 4.69) is 27.8 Å². The Morgan fingerprint density at radius 3 is 3.15 bits per heavy atom. The Bertz CT molecular complexity index is 780. The van der Waals surface area contributed by atoms with Crippen molar-refractivity contribution in [2.45, 2.75) is 19.1 Å². The van der Waals surface area contributed by atoms with E-state index in [0.29, 0.717) is 13.1 Å². The molecular weight excluding hydrogens is 292 g/mol. The molecule has 104 valence electrons. The molecule has 2 unspecified atom stereocenters. The molecular formula is C14H14N2O2S2. The predicted octanol–water partition coefficient (Wildman–Crippen LogP) is 2.53. The van der Waals surface area contributed by atoms with Crippen molar-refractivity contribution >= 4 is 43.0 Å². The molecule has 2 atom stereocenters. The van der Waals surface area contributed by atoms with Gasteiger partial charge in [0.1, 0.15) is 18.0 Å². The minimum atomic E-state index is -0.442. The number of nitrogens with one attached hydrogen (secondary N) is 1. The number of rotatable bonds is 2. The van der Waals surface area contributed by atoms with Crippen LogP contribution in [0.1, 0.15) is 5.01 Å². The molecule has 0 radical (unpaired) electrons. The van der Waals surface area contributed by atoms with Crippen LogP contribution in [0.5, 0.6) is 5.75 Å². The second kappa shape index (κ2) is 4.66. The van der Waals surface area contributed by atoms with Crippen LogP contribution in [0.15, 0.2) is 17.5 Å². The Morgan fingerprint density at radius 1 is 1.45 bits per heavy atom. The number of fused-ring (bicyclic) bond motifs is 3. The molecule has 0 spiro atoms. The highest BCUT2D eigenvalue weighted by Gasteiger charge is 2.27. The van der Waals surface area contributed by atoms with Crippen LogP contribution in [0.3, 0.4) is 0 Å². The molecule has 3 aromatic rings. The van der Waals surface area contributed by atoms with Crippen LogP contribution in [-0.4, -0.2) is 35.4 Å². The summed E-state index contributed by atoms with van der Waals surface area (Å²) in [7, 11) is 0. The molecule has 0 saturated carbocycles. The molecule has 0 bridgehead atoms. The normalized spacial score (nSPS) is 22.9. The molecule has 20 heavy (non-hydrogen) atoms. The third kappa shape index (κ3) is 1.91. The number of aromatic nitrogens is 1. The molecule has 6 heteroatoms. The van der Waals surface area contributed by atoms with Gasteiger partial charge in [-0.15, -0.1) is 22.7 Å². The van der Waals surface area contributed by atoms with Crippen LogP contribution >= 0.6 is 22.7 Å². The topological polar surface area (TPSA) is 54.4 Å². The van der Waals surface area contributed by atoms with E-state index in [4.69, 9.17) is 4.74 Å². The summed E-state index contributed by atoms with van der Waals surface area (Å²) in [6.45, 7) is 3.31. The van der Waals surface area contributed by atoms with Crippen LogP contribution in [0.2, 0.25) is 0 Å². The molecule has 0 aliphatic carbocycles. The maximum absolute atomic E-state index is 9.90. The number of hydrogen-bond acceptors (Lipinski definition) is 6. The van der Waals surface area contributed by atoms with E-state index in [1.807, 2.05) is 6.92 Å². The van der Waals surface area contributed by atoms with Gasteiger partial charge in [-0.3, -0.25) is 0 Å². The summed E-state index contributed by atoms with van der Waals surface area (Å²) >= 11 is 3.37. The summed E-state index contributed by atoms with van der Waals surface area (Å²) in [5.41, 5.74) is 1.06. The summed E-state index contributed by atoms with van der Waals surface area (Å²) in [6.07, 6.45) is -0.618. The zero-order valence-corrected chi connectivity index (χ0v) is 12.6. The van der Waals surface area contributed by atoms with Gasteiger partial charge in [-0.1, -0.05) is 0 Å². The highest BCUT2D eigenvalue weighted by molar-refractivity contribution is 7.21. The first-order chi connectivity index (χ1) is 9.72. The molecule has 2 N–H and O–H groups in total. The first kappa shape index (κ1) is 12.5. The Hall–Kier alpha value is -1.21. The molecule has 1 aliphatic heterocycles. The Morgan fingerprint density at radius 2 is 2.35 bits per heavy atom. The van der Waals surface area contributed by atoms with Crippen molar-refractivity contribution in [2.24, 2.45) is 0 Å². The van der Waals surface area contributed by atoms with Crippen molar-refractivity contribution in [1.29, 1.82) is 0 Å². The number of ether oxygens (including phenoxy) is 1. The van der Waals surface area contributed by atoms with Crippen LogP contribution in [0.25, 0.3) is 20.3 Å². The van der Waals surface area contributed by atoms with E-state index in [-0.39, 0.29) is 6.10 Å². The average Bonchev–Trinajstić information content (AvgIpc) is 3.09. The van der Waals surface area contributed by atoms with E-state index in [9.17, 15) is 5.11 Å². The van der Waals surface area contributed by atoms with Gasteiger partial charge in [0.05, 0.1) is 19.9 Å². The third-order valence-electron chi connectivity index (χ3n) is 3.57. The molecule has 3 heterocycles. The van der Waals surface area contributed by atoms with Crippen molar-refractivity contribution in [3.63, 3.8) is 0 Å². The van der Waals surface area contributed by atoms with Gasteiger partial charge in [-0.25, -0.2) is 4.98 Å². The fourth-order valence-electron chi connectivity index (χ4n) is 2.61. The Balaban J connectivity index is 1.85. The van der Waals surface area contributed by atoms with Gasteiger partial charge in [0, 0.05) is 24.5 Å². The van der Waals surface area contributed by atoms with Gasteiger partial charge >= 0.3 is 0 Å². The van der Waals surface area contributed by atoms with E-state index in [0.717, 1.165) is 26.4 Å². The van der Waals surface area contributed by atoms with Crippen LogP contribution in [0, 0.1) is 6.92 Å². The summed E-state index contributed by atoms with van der Waals surface area (Å²) in [4.78, 5) is 4.61. The zero-order valence-electron chi connectivity index (χ0n) is 10.9. The molecule has 2 aromatic heterocycles. The van der Waals surface area contributed by atoms with E-state index < -0.39 is 6.10 Å². The van der Waals surface area contributed by atoms with Crippen LogP contribution in [0.4, 0.5) is 0 Å². The van der Waals surface area contributed by atoms with Crippen LogP contribution < -0.4 is 10.1 Å². The number of aryl methyl sites for hydroxylation is 1. The van der Waals surface area contributed by atoms with Gasteiger partial charge in [-0.2, -0.15) is 0 Å². The summed E-state index contributed by atoms with van der Waals surface area (Å²) in [6, 6.07) is 4.12. The second-order valence-electron chi connectivity index (χ2n) is 5.00. The number of β-amino-alcohol motifs (C(OH)–C–C–N with tert-alkyl or cyclic N) is 1. The first-order valence-electron chi connectivity index (χ1n) is 6.55. The number of thiazole rings is 1. The number of aliphatic hydroxyl groups excluding tert-OH is 1. The van der Waals surface area contributed by atoms with Crippen molar-refractivity contribution in [2.75, 3.05) is 13.1 Å². The SMILES string of the molecule is Cc1nc2c(cc(OC3CNCC3O)c3ccsc32)s1. The van der Waals surface area contributed by atoms with E-state index >= 15 is 0 Å². The summed E-state index contributed by atoms with van der Waals surface area (Å²) < 4.78 is 8.36. The van der Waals surface area contributed by atoms with Crippen molar-refractivity contribution < 1.29 is 9.84 Å². The van der Waals surface area contributed by atoms with Gasteiger partial charge in [-0.05, 0) is 18.4 Å². The lowest BCUT2D eigenvalue weighted by molar-refractivity contribution is 0.0749. The fraction of sp³-hybridized carbons (Fsp3) is 0.357. The first-order valence-corrected chi connectivity index (χ1v) is 8.25. The molecule has 1 saturated heterocycles. The van der Waals surface area contributed by atoms with Gasteiger partial charge in [0.25, 0.3) is 0 Å². The highest BCUT2D eigenvalue weighted by atomic mass is 32.1. The molecule has 1 fully saturated rings. The van der Waals surface area contributed by atoms with Gasteiger partial charge in [0.15, 0.2) is 0 Å². The minimum Gasteiger partial charge on any atom is -0.486 e. The lowest BCUT2D eigenvalue weighted by Crippen LogP contribution is -2.29. The van der Waals surface area contributed by atoms with E-state index in [1.165, 1.54) is 4.70 Å². The molecule has 4 nitrogen and oxygen atoms in total. The largest absolute Gasteiger partial charge is 0.486 e. The van der Waals surface area contributed by atoms with Crippen molar-refractivity contribution in [3.05, 3.63) is 22.5 Å². The standard InChI is InChI=1S/C14H14N2O2S2/c1-7-16-13-12(20-7)4-10(8-2-3-19-14(8)13)18-11-6-15-5-9(11)17/h2-4,9,11,15,17H,5-6H2,1H3. The number of thiophene rings is 1. The fourth-order valence-corrected chi connectivity index (χ4v) is 4.44. The summed E-state index contributed by atoms with van der Waals surface area (Å²) in [5.74, 6) is 0.852. The van der Waals surface area contributed by atoms with Gasteiger partial charge < -0.3 is 15.2 Å². The zero-order chi connectivity index (χ0) is 13.7. The Labute approximate surface area is 124 Å². The summed E-state index contributed by atoms with van der Waals surface area (Å²) in [5, 5.41) is 17.3. The highest BCUT2D eigenvalue weighted by Crippen LogP contribution is 2.39. The lowest BCUT2D eigenvalue weighted by atomic mass is 10.2. The number of nitrogens with zero attached hydrogens (tertiary/aromatic N) is 1. The molecule has 1 aromatic carbocycles. The average molecular weight is 306 g/mol. The monoisotopic (exact) mass is 306 g/mol. The maximum Gasteiger partial charge on any atom is 0.138 e. The lowest BCUT2D eigenvalue weighted by Gasteiger charge is -2.17. The number of benzene rings is 1. The van der Waals surface area contributed by atoms with E-state index in [1.54, 1.807) is 22.7 Å². The third-order valence-corrected chi connectivity index (χ3v) is 5.41. The number of aliphatic hydroxyl groups is 1. The smallest absolute Gasteiger partial charge is 0.138 e. The second-order valence-corrected chi connectivity index (χ2v) is 7.15. The van der Waals surface area contributed by atoms with Crippen molar-refractivity contribution in [3.8, 4) is 5.75 Å².